The lowest BCUT2D eigenvalue weighted by molar-refractivity contribution is 0.0949. The number of nitrogens with one attached hydrogen (secondary N) is 1. The molecule has 1 amide bonds. The molecule has 0 aliphatic carbocycles. The minimum absolute atomic E-state index is 0.124. The van der Waals surface area contributed by atoms with Crippen molar-refractivity contribution in [2.24, 2.45) is 11.8 Å². The molecule has 0 spiro atoms. The van der Waals surface area contributed by atoms with Crippen molar-refractivity contribution in [2.75, 3.05) is 6.54 Å². The summed E-state index contributed by atoms with van der Waals surface area (Å²) >= 11 is 6.18. The second kappa shape index (κ2) is 10.3. The van der Waals surface area contributed by atoms with Gasteiger partial charge >= 0.3 is 5.69 Å². The van der Waals surface area contributed by atoms with Crippen LogP contribution in [0.3, 0.4) is 0 Å². The Bertz CT molecular complexity index is 1550. The molecule has 36 heavy (non-hydrogen) atoms. The van der Waals surface area contributed by atoms with Gasteiger partial charge < -0.3 is 5.32 Å². The lowest BCUT2D eigenvalue weighted by atomic mass is 10.1. The van der Waals surface area contributed by atoms with Gasteiger partial charge in [-0.2, -0.15) is 0 Å². The number of hydrogen-bond acceptors (Lipinski definition) is 4. The fourth-order valence-corrected chi connectivity index (χ4v) is 4.20. The Labute approximate surface area is 212 Å². The molecule has 8 nitrogen and oxygen atoms in total. The number of hydrogen-bond donors (Lipinski definition) is 1. The van der Waals surface area contributed by atoms with Gasteiger partial charge in [-0.25, -0.2) is 18.3 Å². The first-order valence-corrected chi connectivity index (χ1v) is 12.3. The van der Waals surface area contributed by atoms with Crippen molar-refractivity contribution >= 4 is 34.2 Å². The van der Waals surface area contributed by atoms with E-state index < -0.39 is 11.5 Å². The summed E-state index contributed by atoms with van der Waals surface area (Å²) in [4.78, 5) is 39.7. The smallest absolute Gasteiger partial charge is 0.352 e. The molecular weight excluding hydrogens is 485 g/mol. The lowest BCUT2D eigenvalue weighted by Crippen LogP contribution is -2.29. The number of carbonyl (C=O) groups excluding carboxylic acids is 1. The molecule has 0 fully saturated rings. The van der Waals surface area contributed by atoms with Crippen LogP contribution in [0.25, 0.3) is 16.7 Å². The van der Waals surface area contributed by atoms with Gasteiger partial charge in [-0.1, -0.05) is 45.4 Å². The van der Waals surface area contributed by atoms with Crippen LogP contribution in [-0.4, -0.2) is 31.2 Å². The fourth-order valence-electron chi connectivity index (χ4n) is 3.98. The molecule has 2 aromatic heterocycles. The number of nitrogens with zero attached hydrogens (tertiary/aromatic N) is 4. The second-order valence-corrected chi connectivity index (χ2v) is 10.2. The zero-order valence-corrected chi connectivity index (χ0v) is 21.5. The molecule has 0 radical (unpaired) electrons. The highest BCUT2D eigenvalue weighted by Crippen LogP contribution is 2.20. The molecule has 190 valence electrons. The van der Waals surface area contributed by atoms with Crippen molar-refractivity contribution in [2.45, 2.75) is 47.2 Å². The largest absolute Gasteiger partial charge is 0.352 e. The molecular formula is C26H29ClFN5O3. The minimum atomic E-state index is -0.563. The van der Waals surface area contributed by atoms with E-state index in [0.717, 1.165) is 4.68 Å². The lowest BCUT2D eigenvalue weighted by Gasteiger charge is -2.12. The van der Waals surface area contributed by atoms with Crippen LogP contribution in [0.1, 0.15) is 50.0 Å². The topological polar surface area (TPSA) is 90.4 Å². The first kappa shape index (κ1) is 25.6. The Morgan fingerprint density at radius 3 is 2.53 bits per heavy atom. The minimum Gasteiger partial charge on any atom is -0.352 e. The predicted molar refractivity (Wildman–Crippen MR) is 138 cm³/mol. The van der Waals surface area contributed by atoms with Crippen LogP contribution in [0, 0.1) is 17.7 Å². The van der Waals surface area contributed by atoms with Crippen molar-refractivity contribution < 1.29 is 9.18 Å². The van der Waals surface area contributed by atoms with Crippen molar-refractivity contribution in [1.29, 1.82) is 0 Å². The highest BCUT2D eigenvalue weighted by atomic mass is 35.5. The SMILES string of the molecule is CC(C)CCn1c(=O)c2ccc(C(=O)NCC(C)C)cc2n2c(=O)n(Cc3c(F)cccc3Cl)nc12. The Morgan fingerprint density at radius 2 is 1.86 bits per heavy atom. The summed E-state index contributed by atoms with van der Waals surface area (Å²) < 4.78 is 18.3. The van der Waals surface area contributed by atoms with Gasteiger partial charge in [-0.05, 0) is 48.6 Å². The number of aromatic nitrogens is 4. The normalized spacial score (nSPS) is 11.8. The average Bonchev–Trinajstić information content (AvgIpc) is 3.15. The first-order chi connectivity index (χ1) is 17.1. The molecule has 4 aromatic rings. The Hall–Kier alpha value is -3.46. The van der Waals surface area contributed by atoms with Crippen molar-refractivity contribution in [3.8, 4) is 0 Å². The third kappa shape index (κ3) is 4.93. The van der Waals surface area contributed by atoms with E-state index in [1.54, 1.807) is 12.1 Å². The van der Waals surface area contributed by atoms with E-state index in [4.69, 9.17) is 11.6 Å². The van der Waals surface area contributed by atoms with Gasteiger partial charge in [-0.3, -0.25) is 14.2 Å². The monoisotopic (exact) mass is 513 g/mol. The number of fused-ring (bicyclic) bond motifs is 3. The van der Waals surface area contributed by atoms with Crippen LogP contribution in [0.2, 0.25) is 5.02 Å². The van der Waals surface area contributed by atoms with E-state index in [0.29, 0.717) is 31.0 Å². The van der Waals surface area contributed by atoms with Gasteiger partial charge in [-0.15, -0.1) is 5.10 Å². The number of rotatable bonds is 8. The van der Waals surface area contributed by atoms with Gasteiger partial charge in [0.1, 0.15) is 5.82 Å². The predicted octanol–water partition coefficient (Wildman–Crippen LogP) is 4.08. The van der Waals surface area contributed by atoms with E-state index in [1.165, 1.54) is 33.2 Å². The second-order valence-electron chi connectivity index (χ2n) is 9.75. The third-order valence-corrected chi connectivity index (χ3v) is 6.36. The molecule has 0 atom stereocenters. The number of carbonyl (C=O) groups is 1. The van der Waals surface area contributed by atoms with Gasteiger partial charge in [0.15, 0.2) is 0 Å². The van der Waals surface area contributed by atoms with Crippen LogP contribution in [0.4, 0.5) is 4.39 Å². The van der Waals surface area contributed by atoms with Crippen LogP contribution in [0.5, 0.6) is 0 Å². The van der Waals surface area contributed by atoms with E-state index in [2.05, 4.69) is 10.4 Å². The zero-order valence-electron chi connectivity index (χ0n) is 20.7. The summed E-state index contributed by atoms with van der Waals surface area (Å²) in [5, 5.41) is 7.73. The maximum atomic E-state index is 14.5. The van der Waals surface area contributed by atoms with Gasteiger partial charge in [0.05, 0.1) is 17.4 Å². The molecule has 1 N–H and O–H groups in total. The van der Waals surface area contributed by atoms with Crippen molar-refractivity contribution in [3.05, 3.63) is 79.2 Å². The third-order valence-electron chi connectivity index (χ3n) is 6.01. The van der Waals surface area contributed by atoms with Crippen LogP contribution in [-0.2, 0) is 13.1 Å². The molecule has 10 heteroatoms. The Kier molecular flexibility index (Phi) is 7.31. The van der Waals surface area contributed by atoms with Gasteiger partial charge in [0.25, 0.3) is 11.5 Å². The molecule has 0 saturated carbocycles. The molecule has 4 rings (SSSR count). The van der Waals surface area contributed by atoms with E-state index in [1.807, 2.05) is 27.7 Å². The highest BCUT2D eigenvalue weighted by molar-refractivity contribution is 6.31. The van der Waals surface area contributed by atoms with Crippen LogP contribution < -0.4 is 16.6 Å². The van der Waals surface area contributed by atoms with Crippen LogP contribution in [0.15, 0.2) is 46.0 Å². The van der Waals surface area contributed by atoms with E-state index in [9.17, 15) is 18.8 Å². The molecule has 0 aliphatic heterocycles. The fraction of sp³-hybridized carbons (Fsp3) is 0.385. The summed E-state index contributed by atoms with van der Waals surface area (Å²) in [6, 6.07) is 8.94. The quantitative estimate of drug-likeness (QED) is 0.384. The van der Waals surface area contributed by atoms with E-state index in [-0.39, 0.29) is 51.2 Å². The maximum Gasteiger partial charge on any atom is 0.352 e. The number of amides is 1. The Morgan fingerprint density at radius 1 is 1.11 bits per heavy atom. The maximum absolute atomic E-state index is 14.5. The average molecular weight is 514 g/mol. The standard InChI is InChI=1S/C26H29ClFN5O3/c1-15(2)10-11-31-24(35)18-9-8-17(23(34)29-13-16(3)4)12-22(18)33-25(31)30-32(26(33)36)14-19-20(27)6-5-7-21(19)28/h5-9,12,15-16H,10-11,13-14H2,1-4H3,(H,29,34). The Balaban J connectivity index is 1.95. The summed E-state index contributed by atoms with van der Waals surface area (Å²) in [5.41, 5.74) is -0.163. The first-order valence-electron chi connectivity index (χ1n) is 12.0. The van der Waals surface area contributed by atoms with Gasteiger partial charge in [0, 0.05) is 29.2 Å². The highest BCUT2D eigenvalue weighted by Gasteiger charge is 2.20. The summed E-state index contributed by atoms with van der Waals surface area (Å²) in [6.07, 6.45) is 0.691. The number of halogens is 2. The van der Waals surface area contributed by atoms with Gasteiger partial charge in [0.2, 0.25) is 5.78 Å². The molecule has 2 heterocycles. The molecule has 2 aromatic carbocycles. The molecule has 0 unspecified atom stereocenters. The molecule has 0 aliphatic rings. The van der Waals surface area contributed by atoms with E-state index >= 15 is 0 Å². The number of benzene rings is 2. The van der Waals surface area contributed by atoms with Crippen molar-refractivity contribution in [1.82, 2.24) is 24.1 Å². The summed E-state index contributed by atoms with van der Waals surface area (Å²) in [5.74, 6) is -0.157. The molecule has 0 bridgehead atoms. The van der Waals surface area contributed by atoms with Crippen molar-refractivity contribution in [3.63, 3.8) is 0 Å². The molecule has 0 saturated heterocycles. The number of aryl methyl sites for hydroxylation is 1. The summed E-state index contributed by atoms with van der Waals surface area (Å²) in [6.45, 7) is 8.68. The summed E-state index contributed by atoms with van der Waals surface area (Å²) in [7, 11) is 0. The zero-order chi connectivity index (χ0) is 26.1. The van der Waals surface area contributed by atoms with Crippen LogP contribution >= 0.6 is 11.6 Å².